The molecule has 1 rings (SSSR count). The van der Waals surface area contributed by atoms with Crippen LogP contribution in [0.25, 0.3) is 0 Å². The van der Waals surface area contributed by atoms with Crippen molar-refractivity contribution in [1.29, 1.82) is 0 Å². The highest BCUT2D eigenvalue weighted by Crippen LogP contribution is 2.27. The molecule has 0 saturated carbocycles. The highest BCUT2D eigenvalue weighted by molar-refractivity contribution is 7.17. The second kappa shape index (κ2) is 6.56. The molecule has 0 aliphatic heterocycles. The van der Waals surface area contributed by atoms with Crippen molar-refractivity contribution in [2.75, 3.05) is 18.0 Å². The van der Waals surface area contributed by atoms with Crippen LogP contribution < -0.4 is 16.2 Å². The molecule has 0 atom stereocenters. The van der Waals surface area contributed by atoms with Gasteiger partial charge in [0.25, 0.3) is 5.91 Å². The lowest BCUT2D eigenvalue weighted by atomic mass is 10.2. The second-order valence-electron chi connectivity index (χ2n) is 3.67. The zero-order valence-corrected chi connectivity index (χ0v) is 11.4. The summed E-state index contributed by atoms with van der Waals surface area (Å²) in [4.78, 5) is 18.9. The lowest BCUT2D eigenvalue weighted by Gasteiger charge is -2.16. The number of rotatable bonds is 6. The summed E-state index contributed by atoms with van der Waals surface area (Å²) < 4.78 is 0. The summed E-state index contributed by atoms with van der Waals surface area (Å²) in [5.41, 5.74) is 3.03. The Balaban J connectivity index is 3.06. The fourth-order valence-corrected chi connectivity index (χ4v) is 2.76. The Morgan fingerprint density at radius 1 is 1.41 bits per heavy atom. The fraction of sp³-hybridized carbons (Fsp3) is 0.636. The quantitative estimate of drug-likeness (QED) is 0.460. The molecule has 5 nitrogen and oxygen atoms in total. The second-order valence-corrected chi connectivity index (χ2v) is 4.65. The van der Waals surface area contributed by atoms with Crippen molar-refractivity contribution in [2.45, 2.75) is 33.6 Å². The van der Waals surface area contributed by atoms with Gasteiger partial charge in [0.05, 0.1) is 5.69 Å². The van der Waals surface area contributed by atoms with Crippen molar-refractivity contribution in [3.63, 3.8) is 0 Å². The highest BCUT2D eigenvalue weighted by Gasteiger charge is 2.18. The van der Waals surface area contributed by atoms with Crippen LogP contribution in [-0.4, -0.2) is 24.0 Å². The van der Waals surface area contributed by atoms with Gasteiger partial charge in [0.1, 0.15) is 4.88 Å². The number of hydrazine groups is 1. The van der Waals surface area contributed by atoms with Gasteiger partial charge in [-0.15, -0.1) is 0 Å². The van der Waals surface area contributed by atoms with Crippen LogP contribution in [0.2, 0.25) is 0 Å². The largest absolute Gasteiger partial charge is 0.349 e. The van der Waals surface area contributed by atoms with Gasteiger partial charge in [0.2, 0.25) is 0 Å². The molecule has 0 aliphatic rings. The first kappa shape index (κ1) is 13.9. The Labute approximate surface area is 106 Å². The third kappa shape index (κ3) is 3.17. The molecule has 96 valence electrons. The standard InChI is InChI=1S/C11H20N4OS/c1-4-7-8-9(10(16)14-12)17-11(13-8)15(5-2)6-3/h4-7,12H2,1-3H3,(H,14,16). The number of thiazole rings is 1. The maximum atomic E-state index is 11.6. The molecular formula is C11H20N4OS. The van der Waals surface area contributed by atoms with Gasteiger partial charge < -0.3 is 4.90 Å². The van der Waals surface area contributed by atoms with E-state index in [1.54, 1.807) is 0 Å². The van der Waals surface area contributed by atoms with Crippen molar-refractivity contribution in [2.24, 2.45) is 5.84 Å². The minimum atomic E-state index is -0.246. The first-order valence-electron chi connectivity index (χ1n) is 5.93. The zero-order valence-electron chi connectivity index (χ0n) is 10.6. The number of aryl methyl sites for hydroxylation is 1. The summed E-state index contributed by atoms with van der Waals surface area (Å²) in [6.07, 6.45) is 1.77. The Kier molecular flexibility index (Phi) is 5.37. The molecule has 3 N–H and O–H groups in total. The van der Waals surface area contributed by atoms with E-state index in [-0.39, 0.29) is 5.91 Å². The third-order valence-electron chi connectivity index (χ3n) is 2.54. The summed E-state index contributed by atoms with van der Waals surface area (Å²) in [7, 11) is 0. The van der Waals surface area contributed by atoms with Crippen molar-refractivity contribution in [3.8, 4) is 0 Å². The smallest absolute Gasteiger partial charge is 0.277 e. The molecule has 0 aromatic carbocycles. The van der Waals surface area contributed by atoms with Gasteiger partial charge in [0.15, 0.2) is 5.13 Å². The Morgan fingerprint density at radius 2 is 2.06 bits per heavy atom. The van der Waals surface area contributed by atoms with Gasteiger partial charge >= 0.3 is 0 Å². The molecule has 1 aromatic heterocycles. The average Bonchev–Trinajstić information content (AvgIpc) is 2.74. The van der Waals surface area contributed by atoms with Gasteiger partial charge in [0, 0.05) is 13.1 Å². The van der Waals surface area contributed by atoms with Gasteiger partial charge in [-0.05, 0) is 20.3 Å². The van der Waals surface area contributed by atoms with Crippen molar-refractivity contribution in [3.05, 3.63) is 10.6 Å². The number of nitrogens with two attached hydrogens (primary N) is 1. The number of anilines is 1. The summed E-state index contributed by atoms with van der Waals surface area (Å²) in [6.45, 7) is 8.00. The van der Waals surface area contributed by atoms with E-state index in [1.807, 2.05) is 0 Å². The highest BCUT2D eigenvalue weighted by atomic mass is 32.1. The van der Waals surface area contributed by atoms with Crippen molar-refractivity contribution in [1.82, 2.24) is 10.4 Å². The predicted octanol–water partition coefficient (Wildman–Crippen LogP) is 1.55. The van der Waals surface area contributed by atoms with Gasteiger partial charge in [-0.2, -0.15) is 0 Å². The van der Waals surface area contributed by atoms with E-state index >= 15 is 0 Å². The molecule has 1 heterocycles. The van der Waals surface area contributed by atoms with Crippen molar-refractivity contribution < 1.29 is 4.79 Å². The van der Waals surface area contributed by atoms with Gasteiger partial charge in [-0.3, -0.25) is 10.2 Å². The number of hydrogen-bond acceptors (Lipinski definition) is 5. The summed E-state index contributed by atoms with van der Waals surface area (Å²) >= 11 is 1.41. The zero-order chi connectivity index (χ0) is 12.8. The molecule has 1 amide bonds. The van der Waals surface area contributed by atoms with Gasteiger partial charge in [-0.1, -0.05) is 24.7 Å². The van der Waals surface area contributed by atoms with Crippen molar-refractivity contribution >= 4 is 22.4 Å². The number of carbonyl (C=O) groups is 1. The topological polar surface area (TPSA) is 71.2 Å². The number of nitrogen functional groups attached to an aromatic ring is 1. The van der Waals surface area contributed by atoms with E-state index < -0.39 is 0 Å². The number of amides is 1. The predicted molar refractivity (Wildman–Crippen MR) is 71.3 cm³/mol. The van der Waals surface area contributed by atoms with Gasteiger partial charge in [-0.25, -0.2) is 10.8 Å². The molecule has 0 fully saturated rings. The van der Waals surface area contributed by atoms with Crippen LogP contribution in [0.15, 0.2) is 0 Å². The fourth-order valence-electron chi connectivity index (χ4n) is 1.62. The molecular weight excluding hydrogens is 236 g/mol. The number of aromatic nitrogens is 1. The first-order chi connectivity index (χ1) is 8.17. The maximum absolute atomic E-state index is 11.6. The number of nitrogens with zero attached hydrogens (tertiary/aromatic N) is 2. The maximum Gasteiger partial charge on any atom is 0.277 e. The number of nitrogens with one attached hydrogen (secondary N) is 1. The summed E-state index contributed by atoms with van der Waals surface area (Å²) in [5.74, 6) is 4.94. The molecule has 0 saturated heterocycles. The molecule has 6 heteroatoms. The molecule has 0 spiro atoms. The van der Waals surface area contributed by atoms with E-state index in [4.69, 9.17) is 5.84 Å². The molecule has 0 unspecified atom stereocenters. The monoisotopic (exact) mass is 256 g/mol. The van der Waals surface area contributed by atoms with Crippen LogP contribution in [0.3, 0.4) is 0 Å². The minimum absolute atomic E-state index is 0.246. The van der Waals surface area contributed by atoms with Crippen LogP contribution in [-0.2, 0) is 6.42 Å². The third-order valence-corrected chi connectivity index (χ3v) is 3.70. The van der Waals surface area contributed by atoms with Crippen LogP contribution in [0.1, 0.15) is 42.6 Å². The first-order valence-corrected chi connectivity index (χ1v) is 6.75. The van der Waals surface area contributed by atoms with Crippen LogP contribution in [0.5, 0.6) is 0 Å². The minimum Gasteiger partial charge on any atom is -0.349 e. The van der Waals surface area contributed by atoms with Crippen LogP contribution >= 0.6 is 11.3 Å². The number of carbonyl (C=O) groups excluding carboxylic acids is 1. The Bertz CT molecular complexity index is 374. The van der Waals surface area contributed by atoms with E-state index in [9.17, 15) is 4.79 Å². The van der Waals surface area contributed by atoms with E-state index in [0.717, 1.165) is 36.8 Å². The van der Waals surface area contributed by atoms with Crippen LogP contribution in [0, 0.1) is 0 Å². The average molecular weight is 256 g/mol. The molecule has 17 heavy (non-hydrogen) atoms. The SMILES string of the molecule is CCCc1nc(N(CC)CC)sc1C(=O)NN. The summed E-state index contributed by atoms with van der Waals surface area (Å²) in [5, 5.41) is 0.900. The molecule has 0 aliphatic carbocycles. The lowest BCUT2D eigenvalue weighted by molar-refractivity contribution is 0.0956. The lowest BCUT2D eigenvalue weighted by Crippen LogP contribution is -2.30. The molecule has 1 aromatic rings. The molecule has 0 bridgehead atoms. The van der Waals surface area contributed by atoms with E-state index in [2.05, 4.69) is 36.1 Å². The number of hydrogen-bond donors (Lipinski definition) is 2. The van der Waals surface area contributed by atoms with E-state index in [1.165, 1.54) is 11.3 Å². The Hall–Kier alpha value is -1.14. The van der Waals surface area contributed by atoms with E-state index in [0.29, 0.717) is 4.88 Å². The normalized spacial score (nSPS) is 10.4. The van der Waals surface area contributed by atoms with Crippen LogP contribution in [0.4, 0.5) is 5.13 Å². The summed E-state index contributed by atoms with van der Waals surface area (Å²) in [6, 6.07) is 0. The Morgan fingerprint density at radius 3 is 2.53 bits per heavy atom. The molecule has 0 radical (unpaired) electrons.